The van der Waals surface area contributed by atoms with Crippen LogP contribution in [0.1, 0.15) is 31.2 Å². The highest BCUT2D eigenvalue weighted by Crippen LogP contribution is 2.36. The van der Waals surface area contributed by atoms with Gasteiger partial charge in [0.1, 0.15) is 22.3 Å². The van der Waals surface area contributed by atoms with E-state index in [1.165, 1.54) is 31.5 Å². The van der Waals surface area contributed by atoms with Crippen LogP contribution in [-0.2, 0) is 6.42 Å². The van der Waals surface area contributed by atoms with E-state index in [0.717, 1.165) is 11.3 Å². The van der Waals surface area contributed by atoms with E-state index < -0.39 is 11.8 Å². The number of halogens is 3. The molecule has 38 heavy (non-hydrogen) atoms. The molecule has 0 unspecified atom stereocenters. The first-order valence-corrected chi connectivity index (χ1v) is 12.6. The molecule has 0 aliphatic heterocycles. The highest BCUT2D eigenvalue weighted by molar-refractivity contribution is 7.13. The second-order valence-electron chi connectivity index (χ2n) is 7.65. The molecular weight excluding hydrogens is 577 g/mol. The van der Waals surface area contributed by atoms with Gasteiger partial charge < -0.3 is 31.9 Å². The number of rotatable bonds is 7. The van der Waals surface area contributed by atoms with Crippen molar-refractivity contribution in [3.63, 3.8) is 0 Å². The van der Waals surface area contributed by atoms with Gasteiger partial charge in [-0.25, -0.2) is 4.98 Å². The quantitative estimate of drug-likeness (QED) is 0.200. The summed E-state index contributed by atoms with van der Waals surface area (Å²) in [5, 5.41) is 17.8. The van der Waals surface area contributed by atoms with Gasteiger partial charge in [-0.1, -0.05) is 34.8 Å². The minimum Gasteiger partial charge on any atom is -0.494 e. The van der Waals surface area contributed by atoms with E-state index in [1.807, 2.05) is 0 Å². The van der Waals surface area contributed by atoms with Gasteiger partial charge in [-0.3, -0.25) is 9.59 Å². The first kappa shape index (κ1) is 27.2. The molecule has 0 saturated heterocycles. The van der Waals surface area contributed by atoms with Crippen LogP contribution in [0.2, 0.25) is 15.1 Å². The fourth-order valence-electron chi connectivity index (χ4n) is 3.37. The number of carbonyl (C=O) groups excluding carboxylic acids is 2. The average molecular weight is 595 g/mol. The number of aromatic nitrogens is 3. The van der Waals surface area contributed by atoms with Crippen LogP contribution in [0.5, 0.6) is 11.6 Å². The summed E-state index contributed by atoms with van der Waals surface area (Å²) >= 11 is 19.6. The summed E-state index contributed by atoms with van der Waals surface area (Å²) < 4.78 is 5.36. The van der Waals surface area contributed by atoms with Gasteiger partial charge in [0.25, 0.3) is 11.8 Å². The molecular formula is C23H18Cl3N7O4S. The van der Waals surface area contributed by atoms with Crippen LogP contribution in [0.25, 0.3) is 0 Å². The van der Waals surface area contributed by atoms with E-state index >= 15 is 0 Å². The minimum atomic E-state index is -0.615. The van der Waals surface area contributed by atoms with Gasteiger partial charge in [-0.05, 0) is 29.1 Å². The van der Waals surface area contributed by atoms with E-state index in [9.17, 15) is 14.7 Å². The van der Waals surface area contributed by atoms with Crippen molar-refractivity contribution in [2.75, 3.05) is 29.2 Å². The zero-order chi connectivity index (χ0) is 27.6. The van der Waals surface area contributed by atoms with Crippen molar-refractivity contribution in [2.45, 2.75) is 6.42 Å². The highest BCUT2D eigenvalue weighted by Gasteiger charge is 2.24. The Balaban J connectivity index is 1.63. The predicted molar refractivity (Wildman–Crippen MR) is 148 cm³/mol. The van der Waals surface area contributed by atoms with Crippen LogP contribution in [0.15, 0.2) is 35.8 Å². The maximum absolute atomic E-state index is 13.3. The summed E-state index contributed by atoms with van der Waals surface area (Å²) in [6.45, 7) is 0. The number of amides is 2. The zero-order valence-electron chi connectivity index (χ0n) is 19.4. The lowest BCUT2D eigenvalue weighted by molar-refractivity contribution is 0.102. The molecule has 2 amide bonds. The van der Waals surface area contributed by atoms with Gasteiger partial charge in [-0.2, -0.15) is 9.97 Å². The lowest BCUT2D eigenvalue weighted by Gasteiger charge is -2.15. The fourth-order valence-corrected chi connectivity index (χ4v) is 4.95. The fraction of sp³-hybridized carbons (Fsp3) is 0.0870. The molecule has 11 nitrogen and oxygen atoms in total. The number of hydrogen-bond acceptors (Lipinski definition) is 10. The Kier molecular flexibility index (Phi) is 8.07. The molecule has 0 saturated carbocycles. The van der Waals surface area contributed by atoms with Crippen LogP contribution in [0, 0.1) is 0 Å². The van der Waals surface area contributed by atoms with E-state index in [4.69, 9.17) is 51.0 Å². The Morgan fingerprint density at radius 2 is 1.84 bits per heavy atom. The number of methoxy groups -OCH3 is 1. The number of benzene rings is 1. The van der Waals surface area contributed by atoms with Crippen LogP contribution < -0.4 is 26.8 Å². The second-order valence-corrected chi connectivity index (χ2v) is 9.78. The van der Waals surface area contributed by atoms with Crippen molar-refractivity contribution >= 4 is 81.2 Å². The lowest BCUT2D eigenvalue weighted by atomic mass is 10.1. The number of anilines is 4. The Hall–Kier alpha value is -3.84. The SMILES string of the molecule is COc1cc(Cl)cc(C(=O)Nc2ccc(Cl)cn2)c1NC(=O)c1scc(Cc2c(N)nc(N)nc2O)c1Cl. The number of aromatic hydroxyl groups is 1. The highest BCUT2D eigenvalue weighted by atomic mass is 35.5. The van der Waals surface area contributed by atoms with Gasteiger partial charge >= 0.3 is 0 Å². The van der Waals surface area contributed by atoms with Crippen LogP contribution in [0.3, 0.4) is 0 Å². The summed E-state index contributed by atoms with van der Waals surface area (Å²) in [7, 11) is 1.37. The second kappa shape index (κ2) is 11.3. The number of ether oxygens (including phenoxy) is 1. The Morgan fingerprint density at radius 3 is 2.50 bits per heavy atom. The molecule has 15 heteroatoms. The van der Waals surface area contributed by atoms with Crippen LogP contribution in [-0.4, -0.2) is 39.0 Å². The number of nitrogen functional groups attached to an aromatic ring is 2. The van der Waals surface area contributed by atoms with Gasteiger partial charge in [0.15, 0.2) is 0 Å². The number of thiophene rings is 1. The van der Waals surface area contributed by atoms with Crippen molar-refractivity contribution in [3.8, 4) is 11.6 Å². The number of carbonyl (C=O) groups is 2. The van der Waals surface area contributed by atoms with E-state index in [1.54, 1.807) is 11.4 Å². The van der Waals surface area contributed by atoms with Gasteiger partial charge in [-0.15, -0.1) is 11.3 Å². The average Bonchev–Trinajstić information content (AvgIpc) is 3.23. The third-order valence-electron chi connectivity index (χ3n) is 5.15. The number of nitrogens with two attached hydrogens (primary N) is 2. The molecule has 0 spiro atoms. The lowest BCUT2D eigenvalue weighted by Crippen LogP contribution is -2.19. The minimum absolute atomic E-state index is 0.0139. The van der Waals surface area contributed by atoms with Crippen molar-refractivity contribution in [3.05, 3.63) is 72.5 Å². The van der Waals surface area contributed by atoms with Gasteiger partial charge in [0, 0.05) is 23.7 Å². The Morgan fingerprint density at radius 1 is 1.08 bits per heavy atom. The maximum atomic E-state index is 13.3. The molecule has 0 atom stereocenters. The first-order chi connectivity index (χ1) is 18.1. The molecule has 0 aliphatic carbocycles. The number of nitrogens with one attached hydrogen (secondary N) is 2. The van der Waals surface area contributed by atoms with Crippen molar-refractivity contribution in [1.29, 1.82) is 0 Å². The van der Waals surface area contributed by atoms with Gasteiger partial charge in [0.2, 0.25) is 11.8 Å². The summed E-state index contributed by atoms with van der Waals surface area (Å²) in [5.74, 6) is -1.43. The standard InChI is InChI=1S/C23H18Cl3N7O4S/c1-37-14-6-11(25)5-12(20(34)30-15-3-2-10(24)7-29-15)17(14)31-22(36)18-16(26)9(8-38-18)4-13-19(27)32-23(28)33-21(13)35/h2-3,5-8H,4H2,1H3,(H,31,36)(H,29,30,34)(H5,27,28,32,33,35). The van der Waals surface area contributed by atoms with E-state index in [-0.39, 0.29) is 67.4 Å². The largest absolute Gasteiger partial charge is 0.494 e. The van der Waals surface area contributed by atoms with Gasteiger partial charge in [0.05, 0.1) is 34.0 Å². The molecule has 3 heterocycles. The summed E-state index contributed by atoms with van der Waals surface area (Å²) in [6, 6.07) is 5.90. The molecule has 7 N–H and O–H groups in total. The summed E-state index contributed by atoms with van der Waals surface area (Å²) in [6.07, 6.45) is 1.42. The smallest absolute Gasteiger partial charge is 0.267 e. The third-order valence-corrected chi connectivity index (χ3v) is 7.16. The molecule has 0 fully saturated rings. The van der Waals surface area contributed by atoms with Crippen LogP contribution >= 0.6 is 46.1 Å². The van der Waals surface area contributed by atoms with E-state index in [0.29, 0.717) is 10.6 Å². The van der Waals surface area contributed by atoms with Crippen LogP contribution in [0.4, 0.5) is 23.3 Å². The molecule has 4 aromatic rings. The Labute approximate surface area is 234 Å². The van der Waals surface area contributed by atoms with Crippen molar-refractivity contribution in [1.82, 2.24) is 15.0 Å². The summed E-state index contributed by atoms with van der Waals surface area (Å²) in [5.41, 5.74) is 12.1. The molecule has 196 valence electrons. The molecule has 4 rings (SSSR count). The number of hydrogen-bond donors (Lipinski definition) is 5. The normalized spacial score (nSPS) is 10.7. The number of pyridine rings is 1. The molecule has 0 bridgehead atoms. The first-order valence-electron chi connectivity index (χ1n) is 10.6. The monoisotopic (exact) mass is 593 g/mol. The van der Waals surface area contributed by atoms with Crippen molar-refractivity contribution < 1.29 is 19.4 Å². The molecule has 3 aromatic heterocycles. The van der Waals surface area contributed by atoms with E-state index in [2.05, 4.69) is 25.6 Å². The Bertz CT molecular complexity index is 1520. The maximum Gasteiger partial charge on any atom is 0.267 e. The number of nitrogens with zero attached hydrogens (tertiary/aromatic N) is 3. The topological polar surface area (TPSA) is 178 Å². The van der Waals surface area contributed by atoms with Crippen molar-refractivity contribution in [2.24, 2.45) is 0 Å². The molecule has 1 aromatic carbocycles. The molecule has 0 aliphatic rings. The molecule has 0 radical (unpaired) electrons. The predicted octanol–water partition coefficient (Wildman–Crippen LogP) is 4.87. The zero-order valence-corrected chi connectivity index (χ0v) is 22.5. The third kappa shape index (κ3) is 5.83. The summed E-state index contributed by atoms with van der Waals surface area (Å²) in [4.78, 5) is 38.1.